The van der Waals surface area contributed by atoms with Crippen LogP contribution in [-0.4, -0.2) is 269 Å². The number of nitrogens with zero attached hydrogens (tertiary/aromatic N) is 4. The molecule has 3 saturated heterocycles. The van der Waals surface area contributed by atoms with Gasteiger partial charge in [0.2, 0.25) is 76.8 Å². The van der Waals surface area contributed by atoms with Gasteiger partial charge in [-0.2, -0.15) is 0 Å². The van der Waals surface area contributed by atoms with E-state index in [-0.39, 0.29) is 31.7 Å². The van der Waals surface area contributed by atoms with Gasteiger partial charge in [-0.25, -0.2) is 4.79 Å². The van der Waals surface area contributed by atoms with E-state index in [1.165, 1.54) is 87.2 Å². The summed E-state index contributed by atoms with van der Waals surface area (Å²) in [5, 5.41) is 65.7. The fourth-order valence-corrected chi connectivity index (χ4v) is 13.9. The lowest BCUT2D eigenvalue weighted by atomic mass is 9.95. The van der Waals surface area contributed by atoms with Gasteiger partial charge >= 0.3 is 5.97 Å². The van der Waals surface area contributed by atoms with Gasteiger partial charge in [0.05, 0.1) is 31.4 Å². The van der Waals surface area contributed by atoms with Gasteiger partial charge in [-0.3, -0.25) is 72.1 Å². The number of rotatable bonds is 37. The van der Waals surface area contributed by atoms with E-state index in [4.69, 9.17) is 4.74 Å². The molecule has 652 valence electrons. The summed E-state index contributed by atoms with van der Waals surface area (Å²) in [6, 6.07) is -19.1. The van der Waals surface area contributed by atoms with Crippen molar-refractivity contribution in [2.75, 3.05) is 47.4 Å². The number of likely N-dealkylation sites (N-methyl/N-ethyl adjacent to an activating group) is 2. The number of allylic oxidation sites excluding steroid dienone is 1. The first-order valence-electron chi connectivity index (χ1n) is 41.1. The van der Waals surface area contributed by atoms with Crippen molar-refractivity contribution in [3.8, 4) is 0 Å². The molecule has 0 spiro atoms. The first-order valence-corrected chi connectivity index (χ1v) is 41.1. The van der Waals surface area contributed by atoms with Gasteiger partial charge in [0.15, 0.2) is 5.96 Å². The fraction of sp³-hybridized carbons (Fsp3) is 0.772. The largest absolute Gasteiger partial charge is 0.458 e. The molecule has 0 aromatic rings. The Hall–Kier alpha value is -9.06. The van der Waals surface area contributed by atoms with Gasteiger partial charge in [-0.05, 0) is 89.9 Å². The predicted octanol–water partition coefficient (Wildman–Crippen LogP) is -0.452. The van der Waals surface area contributed by atoms with Crippen molar-refractivity contribution in [1.82, 2.24) is 83.8 Å². The van der Waals surface area contributed by atoms with Crippen LogP contribution in [0.2, 0.25) is 0 Å². The second kappa shape index (κ2) is 49.8. The number of cyclic esters (lactones) is 1. The molecule has 16 N–H and O–H groups in total. The van der Waals surface area contributed by atoms with Crippen LogP contribution in [0.25, 0.3) is 0 Å². The zero-order chi connectivity index (χ0) is 86.8. The number of esters is 1. The lowest BCUT2D eigenvalue weighted by Crippen LogP contribution is -2.66. The highest BCUT2D eigenvalue weighted by Gasteiger charge is 2.46. The van der Waals surface area contributed by atoms with Gasteiger partial charge in [0.1, 0.15) is 84.3 Å². The van der Waals surface area contributed by atoms with Crippen LogP contribution in [0.5, 0.6) is 0 Å². The summed E-state index contributed by atoms with van der Waals surface area (Å²) in [6.45, 7) is 23.5. The summed E-state index contributed by atoms with van der Waals surface area (Å²) in [6.07, 6.45) is 10.6. The molecule has 18 atom stereocenters. The predicted molar refractivity (Wildman–Crippen MR) is 429 cm³/mol. The van der Waals surface area contributed by atoms with Crippen LogP contribution in [0, 0.1) is 29.6 Å². The Balaban J connectivity index is 1.91. The molecule has 0 radical (unpaired) electrons. The lowest BCUT2D eigenvalue weighted by molar-refractivity contribution is -0.157. The average molecular weight is 1630 g/mol. The number of carbonyl (C=O) groups excluding carboxylic acids is 15. The van der Waals surface area contributed by atoms with Crippen LogP contribution in [0.15, 0.2) is 16.8 Å². The molecule has 36 heteroatoms. The molecule has 3 aliphatic heterocycles. The Morgan fingerprint density at radius 3 is 1.70 bits per heavy atom. The van der Waals surface area contributed by atoms with Gasteiger partial charge in [0, 0.05) is 40.7 Å². The highest BCUT2D eigenvalue weighted by Crippen LogP contribution is 2.25. The van der Waals surface area contributed by atoms with Gasteiger partial charge < -0.3 is 104 Å². The van der Waals surface area contributed by atoms with Crippen molar-refractivity contribution in [2.24, 2.45) is 34.6 Å². The number of aliphatic hydroxyl groups is 3. The topological polar surface area (TPSA) is 504 Å². The highest BCUT2D eigenvalue weighted by atomic mass is 16.5. The number of hydrogen-bond donors (Lipinski definition) is 16. The first-order chi connectivity index (χ1) is 54.2. The molecule has 14 amide bonds. The number of guanidine groups is 1. The van der Waals surface area contributed by atoms with Crippen molar-refractivity contribution < 1.29 is 92.0 Å². The molecule has 3 fully saturated rings. The lowest BCUT2D eigenvalue weighted by Gasteiger charge is -2.40. The number of aliphatic hydroxyl groups excluding tert-OH is 3. The summed E-state index contributed by atoms with van der Waals surface area (Å²) in [4.78, 5) is 222. The molecule has 115 heavy (non-hydrogen) atoms. The maximum atomic E-state index is 15.0. The van der Waals surface area contributed by atoms with Crippen LogP contribution in [0.4, 0.5) is 0 Å². The van der Waals surface area contributed by atoms with E-state index in [0.29, 0.717) is 38.2 Å². The third kappa shape index (κ3) is 30.5. The van der Waals surface area contributed by atoms with Crippen LogP contribution >= 0.6 is 0 Å². The SMILES string of the molecule is C/C=C(\NC(=O)C(C)NC(=O)C(NC(=O)C(NC(=O)CNC(=O)C(C(C)O)N(C)C(=O)C1CCCN1C(=O)CCCCCCCCCCCCC)C(C)C)C(C)CC)C(=O)NC1C(=O)NC(C(C)C)C(=O)NC(C(C)C)C(=O)NC(C(C)O)C(=O)NC(CO)C(=O)NC(C(C)CC)C(=O)NC(C2CCNC(=NC)N2C)C(=O)OC1C. The Labute approximate surface area is 678 Å². The van der Waals surface area contributed by atoms with E-state index in [1.807, 2.05) is 0 Å². The molecule has 36 nitrogen and oxygen atoms in total. The maximum absolute atomic E-state index is 15.0. The minimum Gasteiger partial charge on any atom is -0.458 e. The second-order valence-electron chi connectivity index (χ2n) is 31.8. The molecule has 3 rings (SSSR count). The molecule has 0 aromatic carbocycles. The highest BCUT2D eigenvalue weighted by molar-refractivity contribution is 6.03. The van der Waals surface area contributed by atoms with Gasteiger partial charge in [-0.1, -0.05) is 159 Å². The summed E-state index contributed by atoms with van der Waals surface area (Å²) < 4.78 is 6.07. The molecule has 0 aliphatic carbocycles. The average Bonchev–Trinajstić information content (AvgIpc) is 1.29. The number of hydrogen-bond acceptors (Lipinski definition) is 20. The molecule has 0 saturated carbocycles. The normalized spacial score (nSPS) is 24.4. The van der Waals surface area contributed by atoms with Crippen molar-refractivity contribution in [3.63, 3.8) is 0 Å². The smallest absolute Gasteiger partial charge is 0.331 e. The van der Waals surface area contributed by atoms with E-state index in [0.717, 1.165) is 36.7 Å². The van der Waals surface area contributed by atoms with Crippen molar-refractivity contribution >= 4 is 94.6 Å². The van der Waals surface area contributed by atoms with E-state index in [2.05, 4.69) is 81.0 Å². The maximum Gasteiger partial charge on any atom is 0.331 e. The van der Waals surface area contributed by atoms with Gasteiger partial charge in [0.25, 0.3) is 5.91 Å². The zero-order valence-electron chi connectivity index (χ0n) is 71.2. The minimum absolute atomic E-state index is 0.149. The molecule has 3 aliphatic rings. The number of carbonyl (C=O) groups is 15. The number of likely N-dealkylation sites (tertiary alicyclic amines) is 1. The summed E-state index contributed by atoms with van der Waals surface area (Å²) >= 11 is 0. The van der Waals surface area contributed by atoms with E-state index < -0.39 is 228 Å². The molecule has 3 heterocycles. The molecular formula is C79H137N17O19. The number of unbranched alkanes of at least 4 members (excludes halogenated alkanes) is 10. The second-order valence-corrected chi connectivity index (χ2v) is 31.8. The fourth-order valence-electron chi connectivity index (χ4n) is 13.9. The first kappa shape index (κ1) is 100. The van der Waals surface area contributed by atoms with Crippen molar-refractivity contribution in [1.29, 1.82) is 0 Å². The van der Waals surface area contributed by atoms with Crippen LogP contribution < -0.4 is 69.1 Å². The zero-order valence-corrected chi connectivity index (χ0v) is 71.2. The van der Waals surface area contributed by atoms with Crippen molar-refractivity contribution in [3.05, 3.63) is 11.8 Å². The monoisotopic (exact) mass is 1630 g/mol. The van der Waals surface area contributed by atoms with E-state index in [1.54, 1.807) is 86.1 Å². The van der Waals surface area contributed by atoms with Crippen molar-refractivity contribution in [2.45, 2.75) is 317 Å². The molecule has 0 aromatic heterocycles. The third-order valence-corrected chi connectivity index (χ3v) is 21.6. The van der Waals surface area contributed by atoms with E-state index in [9.17, 15) is 77.6 Å². The molecule has 18 unspecified atom stereocenters. The number of aliphatic imine (C=N–C) groups is 1. The Bertz CT molecular complexity index is 3350. The summed E-state index contributed by atoms with van der Waals surface area (Å²) in [5.74, 6) is -16.9. The Morgan fingerprint density at radius 2 is 1.18 bits per heavy atom. The van der Waals surface area contributed by atoms with Crippen LogP contribution in [0.1, 0.15) is 220 Å². The number of amides is 14. The molecular weight excluding hydrogens is 1490 g/mol. The minimum atomic E-state index is -1.98. The quantitative estimate of drug-likeness (QED) is 0.0213. The molecule has 0 bridgehead atoms. The summed E-state index contributed by atoms with van der Waals surface area (Å²) in [7, 11) is 4.40. The summed E-state index contributed by atoms with van der Waals surface area (Å²) in [5.41, 5.74) is -0.521. The number of nitrogens with one attached hydrogen (secondary N) is 13. The Kier molecular flexibility index (Phi) is 43.3. The standard InChI is InChI=1S/C79H137N17O19/c1-20-24-25-26-27-28-29-30-31-32-33-36-56(101)96-39-34-35-54(96)77(113)95(19)65(49(15)99)76(112)82-40-55(100)86-57(42(5)6)69(105)90-60(45(11)21-2)72(108)83-47(13)66(102)84-51(23-4)67(103)92-63-50(16)115-78(114)64(53-37-38-81-79(80-17)94(53)18)93-73(109)61(46(12)22-3)89-68(104)52(41-97)85-74(110)62(48(14)98)91-71(107)59(44(9)10)87-70(106)58(43(7)8)88-75(63)111/h23,42-50,52-54,57-65,97-99H,20-22,24-41H2,1-19H3,(H,80,81)(H,82,112)(H,83,108)(H,84,102)(H,85,110)(H,86,100)(H,87,106)(H,88,111)(H,89,104)(H,90,105)(H,91,107)(H,92,103)(H,93,109)/b51-23-. The van der Waals surface area contributed by atoms with Crippen LogP contribution in [-0.2, 0) is 76.7 Å². The van der Waals surface area contributed by atoms with Crippen LogP contribution in [0.3, 0.4) is 0 Å². The third-order valence-electron chi connectivity index (χ3n) is 21.6. The number of ether oxygens (including phenoxy) is 1. The van der Waals surface area contributed by atoms with Gasteiger partial charge in [-0.15, -0.1) is 0 Å². The Morgan fingerprint density at radius 1 is 0.643 bits per heavy atom. The van der Waals surface area contributed by atoms with E-state index >= 15 is 9.59 Å².